The van der Waals surface area contributed by atoms with E-state index >= 15 is 0 Å². The molecule has 48 valence electrons. The molecule has 1 amide bonds. The first-order chi connectivity index (χ1) is 3.55. The zero-order chi connectivity index (χ0) is 6.73. The van der Waals surface area contributed by atoms with Gasteiger partial charge in [0.05, 0.1) is 0 Å². The van der Waals surface area contributed by atoms with Gasteiger partial charge in [0.25, 0.3) is 0 Å². The van der Waals surface area contributed by atoms with Gasteiger partial charge >= 0.3 is 5.37 Å². The van der Waals surface area contributed by atoms with Crippen LogP contribution in [0.4, 0.5) is 4.79 Å². The second kappa shape index (κ2) is 3.15. The maximum Gasteiger partial charge on any atom is 0.331 e. The van der Waals surface area contributed by atoms with Crippen molar-refractivity contribution in [1.82, 2.24) is 4.42 Å². The van der Waals surface area contributed by atoms with E-state index in [1.165, 1.54) is 0 Å². The molecule has 0 rings (SSSR count). The van der Waals surface area contributed by atoms with E-state index in [9.17, 15) is 4.79 Å². The van der Waals surface area contributed by atoms with Crippen molar-refractivity contribution in [3.8, 4) is 0 Å². The first-order valence-corrected chi connectivity index (χ1v) is 2.91. The normalized spacial score (nSPS) is 9.62. The first-order valence-electron chi connectivity index (χ1n) is 2.20. The van der Waals surface area contributed by atoms with E-state index in [1.807, 2.05) is 0 Å². The van der Waals surface area contributed by atoms with Gasteiger partial charge in [0.1, 0.15) is 0 Å². The van der Waals surface area contributed by atoms with Gasteiger partial charge in [-0.2, -0.15) is 0 Å². The molecule has 0 aliphatic carbocycles. The van der Waals surface area contributed by atoms with Gasteiger partial charge in [-0.15, -0.1) is 0 Å². The molecule has 0 aromatic carbocycles. The van der Waals surface area contributed by atoms with E-state index in [0.717, 1.165) is 4.42 Å². The Morgan fingerprint density at radius 1 is 1.62 bits per heavy atom. The molecular formula is C4H7Cl2NO. The third-order valence-corrected chi connectivity index (χ3v) is 1.43. The van der Waals surface area contributed by atoms with Crippen LogP contribution in [-0.2, 0) is 0 Å². The number of hydrogen-bond acceptors (Lipinski definition) is 1. The summed E-state index contributed by atoms with van der Waals surface area (Å²) in [7, 11) is 0. The largest absolute Gasteiger partial charge is 0.331 e. The van der Waals surface area contributed by atoms with Crippen molar-refractivity contribution in [1.29, 1.82) is 0 Å². The van der Waals surface area contributed by atoms with E-state index in [0.29, 0.717) is 0 Å². The third-order valence-electron chi connectivity index (χ3n) is 0.621. The lowest BCUT2D eigenvalue weighted by atomic mass is 10.4. The van der Waals surface area contributed by atoms with Crippen LogP contribution in [0.2, 0.25) is 0 Å². The van der Waals surface area contributed by atoms with Crippen LogP contribution in [0.25, 0.3) is 0 Å². The van der Waals surface area contributed by atoms with Crippen molar-refractivity contribution in [3.63, 3.8) is 0 Å². The summed E-state index contributed by atoms with van der Waals surface area (Å²) in [6.07, 6.45) is 0. The summed E-state index contributed by atoms with van der Waals surface area (Å²) in [5.74, 6) is 0. The molecule has 0 aliphatic rings. The lowest BCUT2D eigenvalue weighted by Crippen LogP contribution is -2.22. The zero-order valence-electron chi connectivity index (χ0n) is 4.69. The SMILES string of the molecule is CC(C)N(Cl)C(=O)Cl. The highest BCUT2D eigenvalue weighted by Crippen LogP contribution is 2.05. The first kappa shape index (κ1) is 8.05. The highest BCUT2D eigenvalue weighted by Gasteiger charge is 2.09. The van der Waals surface area contributed by atoms with Crippen LogP contribution in [-0.4, -0.2) is 15.8 Å². The Hall–Kier alpha value is 0.0500. The summed E-state index contributed by atoms with van der Waals surface area (Å²) in [4.78, 5) is 10.1. The fourth-order valence-corrected chi connectivity index (χ4v) is 0.398. The highest BCUT2D eigenvalue weighted by molar-refractivity contribution is 6.65. The van der Waals surface area contributed by atoms with Crippen LogP contribution in [0.15, 0.2) is 0 Å². The molecule has 8 heavy (non-hydrogen) atoms. The summed E-state index contributed by atoms with van der Waals surface area (Å²) >= 11 is 10.3. The number of hydrogen-bond donors (Lipinski definition) is 0. The summed E-state index contributed by atoms with van der Waals surface area (Å²) < 4.78 is 0.932. The van der Waals surface area contributed by atoms with Crippen molar-refractivity contribution < 1.29 is 4.79 Å². The van der Waals surface area contributed by atoms with Crippen LogP contribution in [0.1, 0.15) is 13.8 Å². The predicted molar refractivity (Wildman–Crippen MR) is 34.1 cm³/mol. The minimum absolute atomic E-state index is 0.0401. The Bertz CT molecular complexity index is 94.0. The van der Waals surface area contributed by atoms with Crippen LogP contribution >= 0.6 is 23.4 Å². The number of halogens is 2. The molecule has 0 fully saturated rings. The van der Waals surface area contributed by atoms with Crippen LogP contribution in [0, 0.1) is 0 Å². The fraction of sp³-hybridized carbons (Fsp3) is 0.750. The second-order valence-corrected chi connectivity index (χ2v) is 2.35. The molecule has 0 N–H and O–H groups in total. The Morgan fingerprint density at radius 3 is 2.00 bits per heavy atom. The van der Waals surface area contributed by atoms with Gasteiger partial charge in [0.15, 0.2) is 0 Å². The smallest absolute Gasteiger partial charge is 0.254 e. The summed E-state index contributed by atoms with van der Waals surface area (Å²) in [6.45, 7) is 3.54. The number of rotatable bonds is 1. The molecule has 0 unspecified atom stereocenters. The molecule has 4 heteroatoms. The molecular weight excluding hydrogens is 149 g/mol. The molecule has 0 aliphatic heterocycles. The number of nitrogens with zero attached hydrogens (tertiary/aromatic N) is 1. The maximum absolute atomic E-state index is 10.1. The third kappa shape index (κ3) is 2.38. The van der Waals surface area contributed by atoms with Crippen LogP contribution in [0.5, 0.6) is 0 Å². The molecule has 0 saturated carbocycles. The number of carbonyl (C=O) groups excluding carboxylic acids is 1. The van der Waals surface area contributed by atoms with Gasteiger partial charge in [-0.1, -0.05) is 0 Å². The minimum Gasteiger partial charge on any atom is -0.254 e. The molecule has 2 nitrogen and oxygen atoms in total. The van der Waals surface area contributed by atoms with Crippen LogP contribution < -0.4 is 0 Å². The quantitative estimate of drug-likeness (QED) is 0.323. The van der Waals surface area contributed by atoms with Gasteiger partial charge < -0.3 is 0 Å². The van der Waals surface area contributed by atoms with Gasteiger partial charge in [0, 0.05) is 17.8 Å². The van der Waals surface area contributed by atoms with Crippen LogP contribution in [0.3, 0.4) is 0 Å². The maximum atomic E-state index is 10.1. The Labute approximate surface area is 58.5 Å². The average Bonchev–Trinajstić information content (AvgIpc) is 1.64. The number of amides is 1. The predicted octanol–water partition coefficient (Wildman–Crippen LogP) is 2.21. The Morgan fingerprint density at radius 2 is 2.00 bits per heavy atom. The second-order valence-electron chi connectivity index (χ2n) is 1.66. The van der Waals surface area contributed by atoms with Crippen molar-refractivity contribution in [2.75, 3.05) is 0 Å². The lowest BCUT2D eigenvalue weighted by molar-refractivity contribution is 0.240. The van der Waals surface area contributed by atoms with Gasteiger partial charge in [-0.05, 0) is 25.4 Å². The van der Waals surface area contributed by atoms with Gasteiger partial charge in [0.2, 0.25) is 0 Å². The molecule has 0 aromatic rings. The molecule has 0 radical (unpaired) electrons. The number of carbonyl (C=O) groups is 1. The van der Waals surface area contributed by atoms with Gasteiger partial charge in [-0.3, -0.25) is 4.79 Å². The summed E-state index contributed by atoms with van der Waals surface area (Å²) in [5.41, 5.74) is 0. The van der Waals surface area contributed by atoms with Gasteiger partial charge in [-0.25, -0.2) is 4.42 Å². The highest BCUT2D eigenvalue weighted by atomic mass is 35.5. The van der Waals surface area contributed by atoms with E-state index < -0.39 is 5.37 Å². The molecule has 0 heterocycles. The molecule has 0 saturated heterocycles. The van der Waals surface area contributed by atoms with E-state index in [1.54, 1.807) is 13.8 Å². The van der Waals surface area contributed by atoms with E-state index in [2.05, 4.69) is 0 Å². The summed E-state index contributed by atoms with van der Waals surface area (Å²) in [5, 5.41) is -0.637. The van der Waals surface area contributed by atoms with E-state index in [4.69, 9.17) is 23.4 Å². The summed E-state index contributed by atoms with van der Waals surface area (Å²) in [6, 6.07) is -0.0401. The Balaban J connectivity index is 3.64. The molecule has 0 aromatic heterocycles. The molecule has 0 spiro atoms. The Kier molecular flexibility index (Phi) is 3.17. The van der Waals surface area contributed by atoms with Crippen molar-refractivity contribution >= 4 is 28.7 Å². The monoisotopic (exact) mass is 155 g/mol. The topological polar surface area (TPSA) is 20.3 Å². The molecule has 0 bridgehead atoms. The fourth-order valence-electron chi connectivity index (χ4n) is 0.203. The molecule has 0 atom stereocenters. The minimum atomic E-state index is -0.637. The van der Waals surface area contributed by atoms with E-state index in [-0.39, 0.29) is 6.04 Å². The average molecular weight is 156 g/mol. The zero-order valence-corrected chi connectivity index (χ0v) is 6.20. The van der Waals surface area contributed by atoms with Crippen molar-refractivity contribution in [3.05, 3.63) is 0 Å². The lowest BCUT2D eigenvalue weighted by Gasteiger charge is -2.12. The van der Waals surface area contributed by atoms with Crippen molar-refractivity contribution in [2.24, 2.45) is 0 Å². The van der Waals surface area contributed by atoms with Crippen molar-refractivity contribution in [2.45, 2.75) is 19.9 Å². The standard InChI is InChI=1S/C4H7Cl2NO/c1-3(2)7(6)4(5)8/h3H,1-2H3.